The van der Waals surface area contributed by atoms with Crippen molar-refractivity contribution >= 4 is 17.0 Å². The van der Waals surface area contributed by atoms with Crippen LogP contribution in [0.4, 0.5) is 0 Å². The van der Waals surface area contributed by atoms with E-state index in [0.717, 1.165) is 73.0 Å². The summed E-state index contributed by atoms with van der Waals surface area (Å²) >= 11 is 1.74. The molecule has 0 atom stereocenters. The molecule has 6 nitrogen and oxygen atoms in total. The maximum absolute atomic E-state index is 12.6. The summed E-state index contributed by atoms with van der Waals surface area (Å²) in [6.45, 7) is 7.37. The molecule has 4 rings (SSSR count). The van der Waals surface area contributed by atoms with E-state index in [0.29, 0.717) is 12.4 Å². The zero-order valence-electron chi connectivity index (χ0n) is 14.8. The second-order valence-corrected chi connectivity index (χ2v) is 8.12. The largest absolute Gasteiger partial charge is 0.305 e. The first-order valence-electron chi connectivity index (χ1n) is 8.91. The molecule has 0 fully saturated rings. The Balaban J connectivity index is 1.56. The SMILES string of the molecule is Cc1nc(C)c(CN2CCc3nc(C4=NCCCC4)[nH]c(=O)c3C2)s1. The summed E-state index contributed by atoms with van der Waals surface area (Å²) in [6.07, 6.45) is 3.99. The van der Waals surface area contributed by atoms with Crippen LogP contribution in [0.15, 0.2) is 9.79 Å². The first-order valence-corrected chi connectivity index (χ1v) is 9.73. The number of aliphatic imine (C=N–C) groups is 1. The molecular weight excluding hydrogens is 334 g/mol. The van der Waals surface area contributed by atoms with Crippen LogP contribution in [0.5, 0.6) is 0 Å². The maximum Gasteiger partial charge on any atom is 0.255 e. The second-order valence-electron chi connectivity index (χ2n) is 6.83. The topological polar surface area (TPSA) is 74.2 Å². The summed E-state index contributed by atoms with van der Waals surface area (Å²) in [7, 11) is 0. The van der Waals surface area contributed by atoms with E-state index in [4.69, 9.17) is 4.98 Å². The summed E-state index contributed by atoms with van der Waals surface area (Å²) in [4.78, 5) is 33.0. The molecule has 0 radical (unpaired) electrons. The molecule has 0 bridgehead atoms. The van der Waals surface area contributed by atoms with Crippen LogP contribution >= 0.6 is 11.3 Å². The van der Waals surface area contributed by atoms with E-state index < -0.39 is 0 Å². The van der Waals surface area contributed by atoms with E-state index >= 15 is 0 Å². The van der Waals surface area contributed by atoms with E-state index in [9.17, 15) is 4.79 Å². The van der Waals surface area contributed by atoms with Gasteiger partial charge in [0.15, 0.2) is 5.82 Å². The third-order valence-electron chi connectivity index (χ3n) is 4.91. The fourth-order valence-corrected chi connectivity index (χ4v) is 4.55. The minimum absolute atomic E-state index is 0.00446. The van der Waals surface area contributed by atoms with Crippen LogP contribution in [0.2, 0.25) is 0 Å². The first kappa shape index (κ1) is 16.6. The van der Waals surface area contributed by atoms with Gasteiger partial charge >= 0.3 is 0 Å². The van der Waals surface area contributed by atoms with Gasteiger partial charge in [-0.05, 0) is 33.1 Å². The number of hydrogen-bond acceptors (Lipinski definition) is 6. The van der Waals surface area contributed by atoms with Crippen molar-refractivity contribution in [3.63, 3.8) is 0 Å². The van der Waals surface area contributed by atoms with Gasteiger partial charge in [0.1, 0.15) is 0 Å². The van der Waals surface area contributed by atoms with Gasteiger partial charge in [0.2, 0.25) is 0 Å². The number of nitrogens with zero attached hydrogens (tertiary/aromatic N) is 4. The Morgan fingerprint density at radius 2 is 2.08 bits per heavy atom. The van der Waals surface area contributed by atoms with Crippen LogP contribution in [0.3, 0.4) is 0 Å². The van der Waals surface area contributed by atoms with Crippen molar-refractivity contribution in [3.8, 4) is 0 Å². The first-order chi connectivity index (χ1) is 12.1. The fourth-order valence-electron chi connectivity index (χ4n) is 3.57. The van der Waals surface area contributed by atoms with Gasteiger partial charge in [-0.25, -0.2) is 9.97 Å². The molecule has 0 spiro atoms. The molecule has 132 valence electrons. The van der Waals surface area contributed by atoms with E-state index in [2.05, 4.69) is 26.8 Å². The van der Waals surface area contributed by atoms with Crippen LogP contribution in [-0.4, -0.2) is 38.7 Å². The average Bonchev–Trinajstić information content (AvgIpc) is 2.93. The number of aromatic amines is 1. The van der Waals surface area contributed by atoms with Gasteiger partial charge < -0.3 is 4.98 Å². The number of thiazole rings is 1. The van der Waals surface area contributed by atoms with Gasteiger partial charge in [-0.1, -0.05) is 0 Å². The van der Waals surface area contributed by atoms with Gasteiger partial charge in [0.25, 0.3) is 5.56 Å². The van der Waals surface area contributed by atoms with Crippen molar-refractivity contribution in [2.45, 2.75) is 52.6 Å². The molecule has 0 saturated carbocycles. The molecule has 7 heteroatoms. The van der Waals surface area contributed by atoms with Crippen molar-refractivity contribution in [2.75, 3.05) is 13.1 Å². The summed E-state index contributed by atoms with van der Waals surface area (Å²) in [5.74, 6) is 0.686. The van der Waals surface area contributed by atoms with Crippen LogP contribution in [0.25, 0.3) is 0 Å². The Morgan fingerprint density at radius 3 is 2.80 bits per heavy atom. The average molecular weight is 357 g/mol. The lowest BCUT2D eigenvalue weighted by atomic mass is 10.1. The molecule has 0 amide bonds. The highest BCUT2D eigenvalue weighted by Gasteiger charge is 2.23. The third-order valence-corrected chi connectivity index (χ3v) is 5.97. The minimum Gasteiger partial charge on any atom is -0.305 e. The Labute approximate surface area is 151 Å². The smallest absolute Gasteiger partial charge is 0.255 e. The minimum atomic E-state index is -0.00446. The standard InChI is InChI=1S/C18H23N5OS/c1-11-16(25-12(2)20-11)10-23-8-6-14-13(9-23)18(24)22-17(21-14)15-5-3-4-7-19-15/h3-10H2,1-2H3,(H,21,22,24). The Kier molecular flexibility index (Phi) is 4.52. The molecule has 0 aromatic carbocycles. The van der Waals surface area contributed by atoms with Gasteiger partial charge in [-0.15, -0.1) is 11.3 Å². The van der Waals surface area contributed by atoms with Crippen molar-refractivity contribution < 1.29 is 0 Å². The quantitative estimate of drug-likeness (QED) is 0.915. The Bertz CT molecular complexity index is 882. The van der Waals surface area contributed by atoms with E-state index in [1.54, 1.807) is 11.3 Å². The number of aromatic nitrogens is 3. The second kappa shape index (κ2) is 6.80. The normalized spacial score (nSPS) is 18.1. The Morgan fingerprint density at radius 1 is 1.20 bits per heavy atom. The van der Waals surface area contributed by atoms with Crippen LogP contribution in [-0.2, 0) is 19.5 Å². The molecule has 0 unspecified atom stereocenters. The monoisotopic (exact) mass is 357 g/mol. The molecule has 1 N–H and O–H groups in total. The summed E-state index contributed by atoms with van der Waals surface area (Å²) in [6, 6.07) is 0. The molecule has 2 aliphatic heterocycles. The van der Waals surface area contributed by atoms with Crippen molar-refractivity contribution in [1.82, 2.24) is 19.9 Å². The molecule has 25 heavy (non-hydrogen) atoms. The predicted octanol–water partition coefficient (Wildman–Crippen LogP) is 2.37. The highest BCUT2D eigenvalue weighted by molar-refractivity contribution is 7.11. The fraction of sp³-hybridized carbons (Fsp3) is 0.556. The number of H-pyrrole nitrogens is 1. The summed E-state index contributed by atoms with van der Waals surface area (Å²) in [5, 5.41) is 1.10. The molecule has 2 aromatic rings. The molecule has 0 saturated heterocycles. The predicted molar refractivity (Wildman–Crippen MR) is 99.5 cm³/mol. The third kappa shape index (κ3) is 3.43. The van der Waals surface area contributed by atoms with Gasteiger partial charge in [-0.2, -0.15) is 0 Å². The van der Waals surface area contributed by atoms with E-state index in [1.165, 1.54) is 4.88 Å². The van der Waals surface area contributed by atoms with Gasteiger partial charge in [0, 0.05) is 37.5 Å². The summed E-state index contributed by atoms with van der Waals surface area (Å²) in [5.41, 5.74) is 3.82. The van der Waals surface area contributed by atoms with Crippen LogP contribution in [0, 0.1) is 13.8 Å². The lowest BCUT2D eigenvalue weighted by molar-refractivity contribution is 0.243. The Hall–Kier alpha value is -1.86. The molecular formula is C18H23N5OS. The van der Waals surface area contributed by atoms with Crippen molar-refractivity contribution in [3.05, 3.63) is 43.0 Å². The molecule has 0 aliphatic carbocycles. The van der Waals surface area contributed by atoms with Crippen LogP contribution < -0.4 is 5.56 Å². The van der Waals surface area contributed by atoms with Crippen molar-refractivity contribution in [2.24, 2.45) is 4.99 Å². The lowest BCUT2D eigenvalue weighted by Crippen LogP contribution is -2.36. The van der Waals surface area contributed by atoms with Crippen LogP contribution in [0.1, 0.15) is 51.9 Å². The van der Waals surface area contributed by atoms with E-state index in [-0.39, 0.29) is 5.56 Å². The summed E-state index contributed by atoms with van der Waals surface area (Å²) < 4.78 is 0. The number of aryl methyl sites for hydroxylation is 2. The molecule has 2 aromatic heterocycles. The van der Waals surface area contributed by atoms with Gasteiger partial charge in [-0.3, -0.25) is 14.7 Å². The molecule has 2 aliphatic rings. The zero-order valence-corrected chi connectivity index (χ0v) is 15.6. The zero-order chi connectivity index (χ0) is 17.4. The lowest BCUT2D eigenvalue weighted by Gasteiger charge is -2.27. The number of fused-ring (bicyclic) bond motifs is 1. The maximum atomic E-state index is 12.6. The van der Waals surface area contributed by atoms with Gasteiger partial charge in [0.05, 0.1) is 27.7 Å². The number of rotatable bonds is 3. The highest BCUT2D eigenvalue weighted by Crippen LogP contribution is 2.22. The van der Waals surface area contributed by atoms with E-state index in [1.807, 2.05) is 6.92 Å². The van der Waals surface area contributed by atoms with Crippen molar-refractivity contribution in [1.29, 1.82) is 0 Å². The number of nitrogens with one attached hydrogen (secondary N) is 1. The number of hydrogen-bond donors (Lipinski definition) is 1. The molecule has 4 heterocycles. The highest BCUT2D eigenvalue weighted by atomic mass is 32.1.